The van der Waals surface area contributed by atoms with E-state index in [2.05, 4.69) is 31.1 Å². The van der Waals surface area contributed by atoms with Crippen molar-refractivity contribution in [2.75, 3.05) is 7.11 Å². The van der Waals surface area contributed by atoms with Crippen LogP contribution in [0.5, 0.6) is 5.75 Å². The van der Waals surface area contributed by atoms with Crippen LogP contribution in [0.25, 0.3) is 0 Å². The number of Topliss-reactive ketones (excluding diaryl/α,β-unsaturated/α-hetero) is 1. The van der Waals surface area contributed by atoms with E-state index >= 15 is 0 Å². The summed E-state index contributed by atoms with van der Waals surface area (Å²) >= 11 is 3.37. The molecule has 0 aliphatic heterocycles. The van der Waals surface area contributed by atoms with E-state index in [1.54, 1.807) is 7.11 Å². The highest BCUT2D eigenvalue weighted by molar-refractivity contribution is 9.10. The van der Waals surface area contributed by atoms with Gasteiger partial charge < -0.3 is 4.74 Å². The maximum atomic E-state index is 11.8. The van der Waals surface area contributed by atoms with E-state index in [-0.39, 0.29) is 18.0 Å². The first-order chi connectivity index (χ1) is 8.20. The molecule has 0 bridgehead atoms. The van der Waals surface area contributed by atoms with Crippen LogP contribution in [0.3, 0.4) is 0 Å². The van der Waals surface area contributed by atoms with Crippen LogP contribution in [0.1, 0.15) is 16.2 Å². The van der Waals surface area contributed by atoms with Gasteiger partial charge in [-0.3, -0.25) is 9.89 Å². The van der Waals surface area contributed by atoms with Crippen LogP contribution in [-0.4, -0.2) is 28.1 Å². The van der Waals surface area contributed by atoms with Gasteiger partial charge in [-0.25, -0.2) is 4.98 Å². The molecule has 0 radical (unpaired) electrons. The number of carbonyl (C=O) groups is 1. The van der Waals surface area contributed by atoms with E-state index in [0.29, 0.717) is 0 Å². The number of carbonyl (C=O) groups excluding carboxylic acids is 1. The van der Waals surface area contributed by atoms with Crippen LogP contribution in [0.4, 0.5) is 0 Å². The number of nitrogens with zero attached hydrogens (tertiary/aromatic N) is 2. The molecular weight excluding hydrogens is 286 g/mol. The van der Waals surface area contributed by atoms with E-state index in [1.807, 2.05) is 18.2 Å². The molecule has 0 saturated carbocycles. The highest BCUT2D eigenvalue weighted by Crippen LogP contribution is 2.25. The minimum absolute atomic E-state index is 0.0976. The summed E-state index contributed by atoms with van der Waals surface area (Å²) < 4.78 is 5.94. The molecule has 1 aromatic heterocycles. The standard InChI is InChI=1S/C11H10BrN3O2/c1-17-10-3-2-7(4-8(10)12)5-9(16)11-13-6-14-15-11/h2-4,6H,5H2,1H3,(H,13,14,15). The van der Waals surface area contributed by atoms with Crippen LogP contribution >= 0.6 is 15.9 Å². The minimum atomic E-state index is -0.0976. The van der Waals surface area contributed by atoms with Crippen molar-refractivity contribution < 1.29 is 9.53 Å². The van der Waals surface area contributed by atoms with E-state index < -0.39 is 0 Å². The van der Waals surface area contributed by atoms with Crippen LogP contribution < -0.4 is 4.74 Å². The second-order valence-electron chi connectivity index (χ2n) is 3.40. The van der Waals surface area contributed by atoms with Gasteiger partial charge in [0.15, 0.2) is 5.82 Å². The van der Waals surface area contributed by atoms with Gasteiger partial charge >= 0.3 is 0 Å². The lowest BCUT2D eigenvalue weighted by atomic mass is 10.1. The van der Waals surface area contributed by atoms with Crippen LogP contribution in [0.2, 0.25) is 0 Å². The first-order valence-electron chi connectivity index (χ1n) is 4.91. The zero-order chi connectivity index (χ0) is 12.3. The smallest absolute Gasteiger partial charge is 0.203 e. The average Bonchev–Trinajstić information content (AvgIpc) is 2.82. The first kappa shape index (κ1) is 11.8. The molecule has 5 nitrogen and oxygen atoms in total. The predicted octanol–water partition coefficient (Wildman–Crippen LogP) is 2.00. The highest BCUT2D eigenvalue weighted by Gasteiger charge is 2.11. The summed E-state index contributed by atoms with van der Waals surface area (Å²) in [5, 5.41) is 6.19. The summed E-state index contributed by atoms with van der Waals surface area (Å²) in [6, 6.07) is 5.51. The number of ketones is 1. The number of aromatic amines is 1. The third-order valence-electron chi connectivity index (χ3n) is 2.26. The van der Waals surface area contributed by atoms with Gasteiger partial charge in [0.1, 0.15) is 12.1 Å². The maximum Gasteiger partial charge on any atom is 0.203 e. The topological polar surface area (TPSA) is 67.9 Å². The monoisotopic (exact) mass is 295 g/mol. The van der Waals surface area contributed by atoms with Gasteiger partial charge in [-0.15, -0.1) is 0 Å². The Kier molecular flexibility index (Phi) is 3.53. The van der Waals surface area contributed by atoms with Crippen molar-refractivity contribution in [3.05, 3.63) is 40.4 Å². The lowest BCUT2D eigenvalue weighted by molar-refractivity contribution is 0.0983. The molecule has 0 atom stereocenters. The van der Waals surface area contributed by atoms with Gasteiger partial charge in [0, 0.05) is 6.42 Å². The van der Waals surface area contributed by atoms with E-state index in [9.17, 15) is 4.79 Å². The molecule has 0 aliphatic carbocycles. The first-order valence-corrected chi connectivity index (χ1v) is 5.71. The molecule has 0 fully saturated rings. The number of nitrogens with one attached hydrogen (secondary N) is 1. The molecule has 1 aromatic carbocycles. The summed E-state index contributed by atoms with van der Waals surface area (Å²) in [6.07, 6.45) is 1.59. The highest BCUT2D eigenvalue weighted by atomic mass is 79.9. The Labute approximate surface area is 106 Å². The number of rotatable bonds is 4. The van der Waals surface area contributed by atoms with E-state index in [4.69, 9.17) is 4.74 Å². The summed E-state index contributed by atoms with van der Waals surface area (Å²) in [4.78, 5) is 15.6. The Morgan fingerprint density at radius 3 is 2.94 bits per heavy atom. The number of benzene rings is 1. The molecule has 0 saturated heterocycles. The molecule has 0 amide bonds. The molecule has 6 heteroatoms. The van der Waals surface area contributed by atoms with E-state index in [1.165, 1.54) is 6.33 Å². The third-order valence-corrected chi connectivity index (χ3v) is 2.88. The van der Waals surface area contributed by atoms with Crippen molar-refractivity contribution in [1.29, 1.82) is 0 Å². The Balaban J connectivity index is 2.14. The molecule has 17 heavy (non-hydrogen) atoms. The summed E-state index contributed by atoms with van der Waals surface area (Å²) in [6.45, 7) is 0. The second kappa shape index (κ2) is 5.09. The number of halogens is 1. The largest absolute Gasteiger partial charge is 0.496 e. The second-order valence-corrected chi connectivity index (χ2v) is 4.26. The number of hydrogen-bond acceptors (Lipinski definition) is 4. The fraction of sp³-hybridized carbons (Fsp3) is 0.182. The predicted molar refractivity (Wildman–Crippen MR) is 65.1 cm³/mol. The number of hydrogen-bond donors (Lipinski definition) is 1. The normalized spacial score (nSPS) is 10.2. The molecule has 1 heterocycles. The SMILES string of the molecule is COc1ccc(CC(=O)c2ncn[nH]2)cc1Br. The molecule has 2 aromatic rings. The fourth-order valence-electron chi connectivity index (χ4n) is 1.43. The van der Waals surface area contributed by atoms with Gasteiger partial charge in [-0.2, -0.15) is 5.10 Å². The molecule has 88 valence electrons. The van der Waals surface area contributed by atoms with Crippen molar-refractivity contribution >= 4 is 21.7 Å². The van der Waals surface area contributed by atoms with Gasteiger partial charge in [0.25, 0.3) is 0 Å². The molecule has 0 unspecified atom stereocenters. The Hall–Kier alpha value is -1.69. The lowest BCUT2D eigenvalue weighted by Gasteiger charge is -2.05. The average molecular weight is 296 g/mol. The Bertz CT molecular complexity index is 526. The van der Waals surface area contributed by atoms with Crippen molar-refractivity contribution in [2.45, 2.75) is 6.42 Å². The number of methoxy groups -OCH3 is 1. The molecule has 0 spiro atoms. The van der Waals surface area contributed by atoms with Crippen molar-refractivity contribution in [2.24, 2.45) is 0 Å². The number of ether oxygens (including phenoxy) is 1. The third kappa shape index (κ3) is 2.71. The van der Waals surface area contributed by atoms with Crippen LogP contribution in [0.15, 0.2) is 29.0 Å². The van der Waals surface area contributed by atoms with Gasteiger partial charge in [-0.05, 0) is 33.6 Å². The summed E-state index contributed by atoms with van der Waals surface area (Å²) in [5.74, 6) is 0.914. The molecule has 0 aliphatic rings. The zero-order valence-electron chi connectivity index (χ0n) is 9.11. The van der Waals surface area contributed by atoms with Gasteiger partial charge in [0.2, 0.25) is 5.78 Å². The number of aromatic nitrogens is 3. The van der Waals surface area contributed by atoms with Crippen LogP contribution in [-0.2, 0) is 6.42 Å². The fourth-order valence-corrected chi connectivity index (χ4v) is 2.02. The van der Waals surface area contributed by atoms with E-state index in [0.717, 1.165) is 15.8 Å². The Morgan fingerprint density at radius 1 is 1.53 bits per heavy atom. The molecule has 2 rings (SSSR count). The summed E-state index contributed by atoms with van der Waals surface area (Å²) in [7, 11) is 1.60. The Morgan fingerprint density at radius 2 is 2.35 bits per heavy atom. The van der Waals surface area contributed by atoms with Crippen LogP contribution in [0, 0.1) is 0 Å². The van der Waals surface area contributed by atoms with Gasteiger partial charge in [0.05, 0.1) is 11.6 Å². The van der Waals surface area contributed by atoms with Crippen molar-refractivity contribution in [1.82, 2.24) is 15.2 Å². The maximum absolute atomic E-state index is 11.8. The van der Waals surface area contributed by atoms with Gasteiger partial charge in [-0.1, -0.05) is 6.07 Å². The van der Waals surface area contributed by atoms with Crippen molar-refractivity contribution in [3.63, 3.8) is 0 Å². The minimum Gasteiger partial charge on any atom is -0.496 e. The lowest BCUT2D eigenvalue weighted by Crippen LogP contribution is -2.05. The van der Waals surface area contributed by atoms with Crippen molar-refractivity contribution in [3.8, 4) is 5.75 Å². The zero-order valence-corrected chi connectivity index (χ0v) is 10.7. The molecular formula is C11H10BrN3O2. The summed E-state index contributed by atoms with van der Waals surface area (Å²) in [5.41, 5.74) is 0.888. The quantitative estimate of drug-likeness (QED) is 0.876. The number of H-pyrrole nitrogens is 1. The molecule has 1 N–H and O–H groups in total.